The minimum atomic E-state index is -0.803. The summed E-state index contributed by atoms with van der Waals surface area (Å²) in [7, 11) is 0. The van der Waals surface area contributed by atoms with Crippen molar-refractivity contribution in [2.24, 2.45) is 11.7 Å². The fourth-order valence-corrected chi connectivity index (χ4v) is 2.79. The average molecular weight is 282 g/mol. The predicted octanol–water partition coefficient (Wildman–Crippen LogP) is 3.46. The number of carbonyl (C=O) groups is 1. The number of carbonyl (C=O) groups excluding carboxylic acids is 1. The Labute approximate surface area is 119 Å². The van der Waals surface area contributed by atoms with Crippen molar-refractivity contribution in [1.29, 1.82) is 0 Å². The molecule has 0 spiro atoms. The van der Waals surface area contributed by atoms with E-state index in [1.165, 1.54) is 6.42 Å². The molecule has 2 rings (SSSR count). The summed E-state index contributed by atoms with van der Waals surface area (Å²) in [5.41, 5.74) is 6.57. The minimum Gasteiger partial charge on any atom is -0.461 e. The molecule has 0 saturated heterocycles. The van der Waals surface area contributed by atoms with Crippen LogP contribution in [-0.4, -0.2) is 12.1 Å². The van der Waals surface area contributed by atoms with Gasteiger partial charge in [0.15, 0.2) is 0 Å². The van der Waals surface area contributed by atoms with E-state index in [9.17, 15) is 4.79 Å². The molecule has 104 valence electrons. The summed E-state index contributed by atoms with van der Waals surface area (Å²) in [4.78, 5) is 12.1. The van der Waals surface area contributed by atoms with Gasteiger partial charge in [-0.1, -0.05) is 43.1 Å². The first-order valence-corrected chi connectivity index (χ1v) is 7.18. The highest BCUT2D eigenvalue weighted by Crippen LogP contribution is 2.28. The normalized spacial score (nSPS) is 24.8. The third kappa shape index (κ3) is 3.48. The van der Waals surface area contributed by atoms with Crippen molar-refractivity contribution in [3.8, 4) is 0 Å². The summed E-state index contributed by atoms with van der Waals surface area (Å²) in [6, 6.07) is 6.32. The molecule has 2 N–H and O–H groups in total. The fraction of sp³-hybridized carbons (Fsp3) is 0.533. The first-order chi connectivity index (χ1) is 9.09. The van der Waals surface area contributed by atoms with Crippen LogP contribution in [0.15, 0.2) is 24.3 Å². The molecule has 0 bridgehead atoms. The third-order valence-corrected chi connectivity index (χ3v) is 4.14. The zero-order valence-corrected chi connectivity index (χ0v) is 11.9. The third-order valence-electron chi connectivity index (χ3n) is 3.79. The maximum absolute atomic E-state index is 12.1. The van der Waals surface area contributed by atoms with Crippen LogP contribution in [0.2, 0.25) is 5.02 Å². The molecule has 2 unspecified atom stereocenters. The average Bonchev–Trinajstić information content (AvgIpc) is 2.41. The van der Waals surface area contributed by atoms with Gasteiger partial charge >= 0.3 is 5.97 Å². The molecular formula is C15H20ClNO2. The Kier molecular flexibility index (Phi) is 4.83. The van der Waals surface area contributed by atoms with E-state index in [1.54, 1.807) is 12.1 Å². The van der Waals surface area contributed by atoms with E-state index in [2.05, 4.69) is 6.92 Å². The van der Waals surface area contributed by atoms with Crippen molar-refractivity contribution in [2.45, 2.75) is 44.8 Å². The molecule has 1 aliphatic rings. The van der Waals surface area contributed by atoms with E-state index >= 15 is 0 Å². The number of hydrogen-bond acceptors (Lipinski definition) is 3. The first kappa shape index (κ1) is 14.4. The Hall–Kier alpha value is -1.06. The van der Waals surface area contributed by atoms with Crippen LogP contribution in [0.4, 0.5) is 0 Å². The van der Waals surface area contributed by atoms with Gasteiger partial charge in [0.2, 0.25) is 0 Å². The molecule has 3 nitrogen and oxygen atoms in total. The Morgan fingerprint density at radius 1 is 1.37 bits per heavy atom. The Bertz CT molecular complexity index is 450. The standard InChI is InChI=1S/C15H20ClNO2/c1-10-6-2-5-9-13(10)19-15(18)14(17)11-7-3-4-8-12(11)16/h3-4,7-8,10,13-14H,2,5-6,9,17H2,1H3/t10?,13?,14-/m1/s1. The molecule has 3 atom stereocenters. The van der Waals surface area contributed by atoms with Crippen LogP contribution in [0.1, 0.15) is 44.2 Å². The molecule has 1 aromatic carbocycles. The molecule has 0 radical (unpaired) electrons. The number of nitrogens with two attached hydrogens (primary N) is 1. The van der Waals surface area contributed by atoms with Crippen molar-refractivity contribution in [3.63, 3.8) is 0 Å². The maximum Gasteiger partial charge on any atom is 0.327 e. The van der Waals surface area contributed by atoms with Crippen molar-refractivity contribution in [1.82, 2.24) is 0 Å². The van der Waals surface area contributed by atoms with Crippen LogP contribution in [0.3, 0.4) is 0 Å². The monoisotopic (exact) mass is 281 g/mol. The molecule has 1 saturated carbocycles. The zero-order valence-electron chi connectivity index (χ0n) is 11.1. The van der Waals surface area contributed by atoms with E-state index in [4.69, 9.17) is 22.1 Å². The lowest BCUT2D eigenvalue weighted by molar-refractivity contribution is -0.155. The highest BCUT2D eigenvalue weighted by atomic mass is 35.5. The number of halogens is 1. The van der Waals surface area contributed by atoms with Crippen LogP contribution in [0, 0.1) is 5.92 Å². The van der Waals surface area contributed by atoms with Crippen LogP contribution in [-0.2, 0) is 9.53 Å². The fourth-order valence-electron chi connectivity index (χ4n) is 2.53. The van der Waals surface area contributed by atoms with Crippen molar-refractivity contribution < 1.29 is 9.53 Å². The van der Waals surface area contributed by atoms with Gasteiger partial charge in [-0.3, -0.25) is 0 Å². The number of hydrogen-bond donors (Lipinski definition) is 1. The lowest BCUT2D eigenvalue weighted by Gasteiger charge is -2.29. The van der Waals surface area contributed by atoms with Gasteiger partial charge in [-0.2, -0.15) is 0 Å². The molecular weight excluding hydrogens is 262 g/mol. The van der Waals surface area contributed by atoms with Gasteiger partial charge in [-0.05, 0) is 36.8 Å². The van der Waals surface area contributed by atoms with Crippen LogP contribution in [0.25, 0.3) is 0 Å². The predicted molar refractivity (Wildman–Crippen MR) is 75.9 cm³/mol. The highest BCUT2D eigenvalue weighted by Gasteiger charge is 2.28. The molecule has 1 fully saturated rings. The van der Waals surface area contributed by atoms with Gasteiger partial charge in [0.1, 0.15) is 12.1 Å². The van der Waals surface area contributed by atoms with Crippen LogP contribution >= 0.6 is 11.6 Å². The van der Waals surface area contributed by atoms with Gasteiger partial charge in [0, 0.05) is 5.02 Å². The summed E-state index contributed by atoms with van der Waals surface area (Å²) in [5.74, 6) is 0.0306. The van der Waals surface area contributed by atoms with Gasteiger partial charge in [0.05, 0.1) is 0 Å². The van der Waals surface area contributed by atoms with Crippen molar-refractivity contribution in [3.05, 3.63) is 34.9 Å². The summed E-state index contributed by atoms with van der Waals surface area (Å²) in [5, 5.41) is 0.503. The van der Waals surface area contributed by atoms with E-state index in [1.807, 2.05) is 12.1 Å². The van der Waals surface area contributed by atoms with E-state index in [0.29, 0.717) is 16.5 Å². The number of benzene rings is 1. The molecule has 0 aromatic heterocycles. The minimum absolute atomic E-state index is 0.00483. The topological polar surface area (TPSA) is 52.3 Å². The quantitative estimate of drug-likeness (QED) is 0.863. The summed E-state index contributed by atoms with van der Waals surface area (Å²) in [6.45, 7) is 2.12. The van der Waals surface area contributed by atoms with Gasteiger partial charge in [-0.25, -0.2) is 4.79 Å². The SMILES string of the molecule is CC1CCCCC1OC(=O)[C@H](N)c1ccccc1Cl. The molecule has 0 aliphatic heterocycles. The largest absolute Gasteiger partial charge is 0.461 e. The molecule has 0 amide bonds. The second kappa shape index (κ2) is 6.40. The molecule has 4 heteroatoms. The molecule has 1 aliphatic carbocycles. The lowest BCUT2D eigenvalue weighted by atomic mass is 9.88. The summed E-state index contributed by atoms with van der Waals surface area (Å²) in [6.07, 6.45) is 4.37. The Balaban J connectivity index is 2.01. The van der Waals surface area contributed by atoms with Crippen molar-refractivity contribution in [2.75, 3.05) is 0 Å². The van der Waals surface area contributed by atoms with Gasteiger partial charge in [-0.15, -0.1) is 0 Å². The molecule has 1 aromatic rings. The first-order valence-electron chi connectivity index (χ1n) is 6.80. The zero-order chi connectivity index (χ0) is 13.8. The smallest absolute Gasteiger partial charge is 0.327 e. The second-order valence-corrected chi connectivity index (χ2v) is 5.64. The van der Waals surface area contributed by atoms with Crippen molar-refractivity contribution >= 4 is 17.6 Å². The number of esters is 1. The Morgan fingerprint density at radius 2 is 2.05 bits per heavy atom. The van der Waals surface area contributed by atoms with Gasteiger partial charge in [0.25, 0.3) is 0 Å². The van der Waals surface area contributed by atoms with Gasteiger partial charge < -0.3 is 10.5 Å². The molecule has 0 heterocycles. The summed E-state index contributed by atoms with van der Waals surface area (Å²) >= 11 is 6.05. The Morgan fingerprint density at radius 3 is 2.74 bits per heavy atom. The van der Waals surface area contributed by atoms with E-state index in [0.717, 1.165) is 19.3 Å². The highest BCUT2D eigenvalue weighted by molar-refractivity contribution is 6.31. The number of rotatable bonds is 3. The van der Waals surface area contributed by atoms with Crippen LogP contribution < -0.4 is 5.73 Å². The maximum atomic E-state index is 12.1. The lowest BCUT2D eigenvalue weighted by Crippen LogP contribution is -2.33. The second-order valence-electron chi connectivity index (χ2n) is 5.24. The summed E-state index contributed by atoms with van der Waals surface area (Å²) < 4.78 is 5.55. The molecule has 19 heavy (non-hydrogen) atoms. The number of ether oxygens (including phenoxy) is 1. The van der Waals surface area contributed by atoms with E-state index < -0.39 is 6.04 Å². The van der Waals surface area contributed by atoms with Crippen LogP contribution in [0.5, 0.6) is 0 Å². The van der Waals surface area contributed by atoms with E-state index in [-0.39, 0.29) is 12.1 Å².